The lowest BCUT2D eigenvalue weighted by Gasteiger charge is -2.06. The van der Waals surface area contributed by atoms with Gasteiger partial charge in [-0.15, -0.1) is 0 Å². The Morgan fingerprint density at radius 2 is 1.57 bits per heavy atom. The Bertz CT molecular complexity index is 1330. The summed E-state index contributed by atoms with van der Waals surface area (Å²) in [5.41, 5.74) is 5.19. The lowest BCUT2D eigenvalue weighted by molar-refractivity contribution is 0.0697. The van der Waals surface area contributed by atoms with Crippen LogP contribution in [0.3, 0.4) is 0 Å². The van der Waals surface area contributed by atoms with E-state index in [0.717, 1.165) is 33.3 Å². The Hall–Kier alpha value is -3.92. The fourth-order valence-electron chi connectivity index (χ4n) is 3.56. The average molecular weight is 364 g/mol. The number of nitrogens with one attached hydrogen (secondary N) is 1. The molecule has 2 aromatic heterocycles. The highest BCUT2D eigenvalue weighted by atomic mass is 16.4. The van der Waals surface area contributed by atoms with Crippen LogP contribution in [-0.4, -0.2) is 21.0 Å². The molecule has 3 aromatic carbocycles. The first-order valence-corrected chi connectivity index (χ1v) is 8.99. The number of rotatable bonds is 3. The molecular weight excluding hydrogens is 348 g/mol. The van der Waals surface area contributed by atoms with Gasteiger partial charge in [0.05, 0.1) is 5.56 Å². The first-order chi connectivity index (χ1) is 13.7. The summed E-state index contributed by atoms with van der Waals surface area (Å²) >= 11 is 0. The van der Waals surface area contributed by atoms with Gasteiger partial charge in [0.25, 0.3) is 0 Å². The van der Waals surface area contributed by atoms with Gasteiger partial charge in [-0.05, 0) is 46.2 Å². The molecule has 0 bridgehead atoms. The van der Waals surface area contributed by atoms with Crippen molar-refractivity contribution in [3.05, 3.63) is 90.8 Å². The molecule has 5 rings (SSSR count). The minimum Gasteiger partial charge on any atom is -0.478 e. The summed E-state index contributed by atoms with van der Waals surface area (Å²) in [6.45, 7) is 0. The predicted octanol–water partition coefficient (Wildman–Crippen LogP) is 5.75. The molecule has 0 saturated carbocycles. The van der Waals surface area contributed by atoms with Crippen molar-refractivity contribution in [1.82, 2.24) is 9.97 Å². The van der Waals surface area contributed by atoms with E-state index in [0.29, 0.717) is 0 Å². The van der Waals surface area contributed by atoms with E-state index in [4.69, 9.17) is 5.11 Å². The van der Waals surface area contributed by atoms with Crippen LogP contribution < -0.4 is 0 Å². The third-order valence-electron chi connectivity index (χ3n) is 5.06. The third kappa shape index (κ3) is 2.72. The van der Waals surface area contributed by atoms with E-state index in [2.05, 4.69) is 46.4 Å². The molecule has 0 radical (unpaired) electrons. The van der Waals surface area contributed by atoms with Crippen LogP contribution in [0.1, 0.15) is 10.4 Å². The van der Waals surface area contributed by atoms with Crippen LogP contribution in [0.2, 0.25) is 0 Å². The number of hydrogen-bond acceptors (Lipinski definition) is 2. The molecule has 0 saturated heterocycles. The van der Waals surface area contributed by atoms with Gasteiger partial charge in [0, 0.05) is 28.9 Å². The number of H-pyrrole nitrogens is 1. The number of carbonyl (C=O) groups is 1. The topological polar surface area (TPSA) is 66.0 Å². The van der Waals surface area contributed by atoms with Gasteiger partial charge in [0.1, 0.15) is 5.65 Å². The fraction of sp³-hybridized carbons (Fsp3) is 0. The van der Waals surface area contributed by atoms with E-state index in [1.807, 2.05) is 36.7 Å². The maximum absolute atomic E-state index is 11.1. The lowest BCUT2D eigenvalue weighted by atomic mass is 9.99. The maximum Gasteiger partial charge on any atom is 0.335 e. The number of benzene rings is 3. The summed E-state index contributed by atoms with van der Waals surface area (Å²) in [5, 5.41) is 12.5. The van der Waals surface area contributed by atoms with Crippen molar-refractivity contribution in [2.45, 2.75) is 0 Å². The zero-order valence-electron chi connectivity index (χ0n) is 14.9. The summed E-state index contributed by atoms with van der Waals surface area (Å²) < 4.78 is 0. The summed E-state index contributed by atoms with van der Waals surface area (Å²) in [6.07, 6.45) is 3.79. The van der Waals surface area contributed by atoms with Crippen LogP contribution >= 0.6 is 0 Å². The quantitative estimate of drug-likeness (QED) is 0.428. The van der Waals surface area contributed by atoms with E-state index in [9.17, 15) is 4.79 Å². The molecule has 5 aromatic rings. The van der Waals surface area contributed by atoms with Crippen LogP contribution in [0.25, 0.3) is 44.1 Å². The number of carboxylic acid groups (broad SMARTS) is 1. The van der Waals surface area contributed by atoms with Gasteiger partial charge in [-0.25, -0.2) is 9.78 Å². The zero-order valence-corrected chi connectivity index (χ0v) is 14.9. The van der Waals surface area contributed by atoms with Crippen LogP contribution in [0, 0.1) is 0 Å². The Labute approximate surface area is 161 Å². The van der Waals surface area contributed by atoms with Crippen LogP contribution in [0.15, 0.2) is 85.2 Å². The standard InChI is InChI=1S/C24H16N2O2/c27-24(28)17-8-6-16(7-9-17)22-14-26-23-21(22)12-20(13-25-23)19-10-5-15-3-1-2-4-18(15)11-19/h1-14H,(H,25,26)(H,27,28). The van der Waals surface area contributed by atoms with E-state index in [1.165, 1.54) is 10.8 Å². The van der Waals surface area contributed by atoms with Crippen molar-refractivity contribution in [1.29, 1.82) is 0 Å². The molecule has 0 aliphatic heterocycles. The van der Waals surface area contributed by atoms with Crippen LogP contribution in [0.4, 0.5) is 0 Å². The fourth-order valence-corrected chi connectivity index (χ4v) is 3.56. The molecular formula is C24H16N2O2. The van der Waals surface area contributed by atoms with Crippen molar-refractivity contribution in [3.8, 4) is 22.3 Å². The molecule has 0 unspecified atom stereocenters. The molecule has 4 heteroatoms. The molecule has 0 spiro atoms. The van der Waals surface area contributed by atoms with Crippen LogP contribution in [-0.2, 0) is 0 Å². The highest BCUT2D eigenvalue weighted by Gasteiger charge is 2.10. The number of pyridine rings is 1. The molecule has 134 valence electrons. The van der Waals surface area contributed by atoms with Gasteiger partial charge in [0.2, 0.25) is 0 Å². The summed E-state index contributed by atoms with van der Waals surface area (Å²) in [6, 6.07) is 23.7. The number of nitrogens with zero attached hydrogens (tertiary/aromatic N) is 1. The lowest BCUT2D eigenvalue weighted by Crippen LogP contribution is -1.94. The molecule has 0 amide bonds. The second kappa shape index (κ2) is 6.35. The summed E-state index contributed by atoms with van der Waals surface area (Å²) in [7, 11) is 0. The monoisotopic (exact) mass is 364 g/mol. The molecule has 0 aliphatic rings. The number of aromatic carboxylic acids is 1. The second-order valence-corrected chi connectivity index (χ2v) is 6.77. The Morgan fingerprint density at radius 1 is 0.821 bits per heavy atom. The first-order valence-electron chi connectivity index (χ1n) is 8.99. The predicted molar refractivity (Wildman–Crippen MR) is 111 cm³/mol. The van der Waals surface area contributed by atoms with Gasteiger partial charge in [-0.2, -0.15) is 0 Å². The summed E-state index contributed by atoms with van der Waals surface area (Å²) in [5.74, 6) is -0.925. The van der Waals surface area contributed by atoms with E-state index in [1.54, 1.807) is 12.1 Å². The molecule has 28 heavy (non-hydrogen) atoms. The number of aromatic amines is 1. The SMILES string of the molecule is O=C(O)c1ccc(-c2c[nH]c3ncc(-c4ccc5ccccc5c4)cc23)cc1. The van der Waals surface area contributed by atoms with Crippen molar-refractivity contribution in [2.75, 3.05) is 0 Å². The average Bonchev–Trinajstić information content (AvgIpc) is 3.16. The van der Waals surface area contributed by atoms with Crippen molar-refractivity contribution >= 4 is 27.8 Å². The highest BCUT2D eigenvalue weighted by Crippen LogP contribution is 2.32. The molecule has 2 heterocycles. The van der Waals surface area contributed by atoms with E-state index in [-0.39, 0.29) is 5.56 Å². The number of carboxylic acids is 1. The zero-order chi connectivity index (χ0) is 19.1. The molecule has 0 aliphatic carbocycles. The number of hydrogen-bond donors (Lipinski definition) is 2. The van der Waals surface area contributed by atoms with Gasteiger partial charge < -0.3 is 10.1 Å². The maximum atomic E-state index is 11.1. The third-order valence-corrected chi connectivity index (χ3v) is 5.06. The van der Waals surface area contributed by atoms with Crippen molar-refractivity contribution in [2.24, 2.45) is 0 Å². The second-order valence-electron chi connectivity index (χ2n) is 6.77. The van der Waals surface area contributed by atoms with Crippen molar-refractivity contribution < 1.29 is 9.90 Å². The van der Waals surface area contributed by atoms with Gasteiger partial charge in [-0.1, -0.05) is 48.5 Å². The van der Waals surface area contributed by atoms with Gasteiger partial charge in [-0.3, -0.25) is 0 Å². The minimum absolute atomic E-state index is 0.276. The number of fused-ring (bicyclic) bond motifs is 2. The minimum atomic E-state index is -0.925. The molecule has 0 fully saturated rings. The Balaban J connectivity index is 1.62. The van der Waals surface area contributed by atoms with E-state index >= 15 is 0 Å². The van der Waals surface area contributed by atoms with E-state index < -0.39 is 5.97 Å². The normalized spacial score (nSPS) is 11.1. The Morgan fingerprint density at radius 3 is 2.36 bits per heavy atom. The molecule has 0 atom stereocenters. The van der Waals surface area contributed by atoms with Crippen LogP contribution in [0.5, 0.6) is 0 Å². The van der Waals surface area contributed by atoms with Crippen molar-refractivity contribution in [3.63, 3.8) is 0 Å². The smallest absolute Gasteiger partial charge is 0.335 e. The number of aromatic nitrogens is 2. The van der Waals surface area contributed by atoms with Gasteiger partial charge in [0.15, 0.2) is 0 Å². The molecule has 2 N–H and O–H groups in total. The summed E-state index contributed by atoms with van der Waals surface area (Å²) in [4.78, 5) is 18.9. The first kappa shape index (κ1) is 16.3. The Kier molecular flexibility index (Phi) is 3.69. The van der Waals surface area contributed by atoms with Gasteiger partial charge >= 0.3 is 5.97 Å². The largest absolute Gasteiger partial charge is 0.478 e. The highest BCUT2D eigenvalue weighted by molar-refractivity contribution is 5.97. The molecule has 4 nitrogen and oxygen atoms in total.